The molecule has 6 rings (SSSR count). The van der Waals surface area contributed by atoms with Crippen LogP contribution in [0.1, 0.15) is 35.3 Å². The number of nitrogens with zero attached hydrogens (tertiary/aromatic N) is 5. The van der Waals surface area contributed by atoms with Crippen molar-refractivity contribution in [1.29, 1.82) is 5.26 Å². The molecule has 0 bridgehead atoms. The number of nitriles is 1. The van der Waals surface area contributed by atoms with Crippen molar-refractivity contribution in [2.45, 2.75) is 25.4 Å². The number of furan rings is 1. The number of carbonyl (C=O) groups excluding carboxylic acids is 1. The lowest BCUT2D eigenvalue weighted by molar-refractivity contribution is 0.0786. The van der Waals surface area contributed by atoms with E-state index >= 15 is 0 Å². The zero-order valence-electron chi connectivity index (χ0n) is 21.0. The number of likely N-dealkylation sites (tertiary alicyclic amines) is 1. The van der Waals surface area contributed by atoms with Gasteiger partial charge < -0.3 is 19.0 Å². The van der Waals surface area contributed by atoms with Crippen molar-refractivity contribution in [3.8, 4) is 34.3 Å². The number of hydrogen-bond donors (Lipinski definition) is 0. The summed E-state index contributed by atoms with van der Waals surface area (Å²) in [5.41, 5.74) is 4.94. The van der Waals surface area contributed by atoms with Crippen LogP contribution in [0.4, 0.5) is 10.1 Å². The van der Waals surface area contributed by atoms with Crippen LogP contribution < -0.4 is 9.64 Å². The van der Waals surface area contributed by atoms with E-state index in [0.717, 1.165) is 42.7 Å². The number of ether oxygens (including phenoxy) is 1. The van der Waals surface area contributed by atoms with Crippen LogP contribution >= 0.6 is 0 Å². The summed E-state index contributed by atoms with van der Waals surface area (Å²) in [5.74, 6) is 0.886. The molecule has 2 fully saturated rings. The van der Waals surface area contributed by atoms with Crippen LogP contribution in [0, 0.1) is 11.3 Å². The van der Waals surface area contributed by atoms with Crippen LogP contribution in [0.15, 0.2) is 53.2 Å². The topological polar surface area (TPSA) is 95.5 Å². The van der Waals surface area contributed by atoms with Crippen LogP contribution in [-0.2, 0) is 0 Å². The Labute approximate surface area is 219 Å². The Bertz CT molecular complexity index is 1570. The summed E-state index contributed by atoms with van der Waals surface area (Å²) in [7, 11) is 1.55. The molecular formula is C29H26FN5O3. The number of alkyl halides is 1. The van der Waals surface area contributed by atoms with Crippen LogP contribution in [0.25, 0.3) is 33.6 Å². The van der Waals surface area contributed by atoms with E-state index < -0.39 is 6.17 Å². The van der Waals surface area contributed by atoms with E-state index in [1.54, 1.807) is 36.5 Å². The van der Waals surface area contributed by atoms with E-state index in [1.807, 2.05) is 29.2 Å². The number of methoxy groups -OCH3 is 1. The normalized spacial score (nSPS) is 17.2. The van der Waals surface area contributed by atoms with E-state index in [2.05, 4.69) is 16.0 Å². The van der Waals surface area contributed by atoms with Gasteiger partial charge >= 0.3 is 0 Å². The summed E-state index contributed by atoms with van der Waals surface area (Å²) in [6.45, 7) is 2.37. The Kier molecular flexibility index (Phi) is 6.16. The molecular weight excluding hydrogens is 485 g/mol. The average Bonchev–Trinajstić information content (AvgIpc) is 3.73. The highest BCUT2D eigenvalue weighted by atomic mass is 19.1. The lowest BCUT2D eigenvalue weighted by atomic mass is 10.0. The van der Waals surface area contributed by atoms with Crippen LogP contribution in [-0.4, -0.2) is 60.2 Å². The van der Waals surface area contributed by atoms with Gasteiger partial charge in [0, 0.05) is 56.3 Å². The molecule has 2 aliphatic heterocycles. The zero-order chi connectivity index (χ0) is 26.2. The number of hydrogen-bond acceptors (Lipinski definition) is 7. The van der Waals surface area contributed by atoms with Crippen LogP contribution in [0.3, 0.4) is 0 Å². The van der Waals surface area contributed by atoms with E-state index in [4.69, 9.17) is 9.15 Å². The van der Waals surface area contributed by atoms with Crippen LogP contribution in [0.2, 0.25) is 0 Å². The fourth-order valence-corrected chi connectivity index (χ4v) is 5.29. The first-order valence-electron chi connectivity index (χ1n) is 12.7. The highest BCUT2D eigenvalue weighted by Crippen LogP contribution is 2.38. The molecule has 0 aliphatic carbocycles. The van der Waals surface area contributed by atoms with Gasteiger partial charge in [0.2, 0.25) is 0 Å². The van der Waals surface area contributed by atoms with Gasteiger partial charge in [-0.3, -0.25) is 14.8 Å². The van der Waals surface area contributed by atoms with Gasteiger partial charge in [-0.05, 0) is 43.0 Å². The second kappa shape index (κ2) is 9.78. The average molecular weight is 512 g/mol. The monoisotopic (exact) mass is 511 g/mol. The number of carbonyl (C=O) groups is 1. The molecule has 5 heterocycles. The summed E-state index contributed by atoms with van der Waals surface area (Å²) in [4.78, 5) is 25.4. The molecule has 4 aromatic rings. The Morgan fingerprint density at radius 3 is 2.71 bits per heavy atom. The quantitative estimate of drug-likeness (QED) is 0.362. The molecule has 0 spiro atoms. The predicted octanol–water partition coefficient (Wildman–Crippen LogP) is 5.22. The maximum absolute atomic E-state index is 13.8. The summed E-state index contributed by atoms with van der Waals surface area (Å²) in [5, 5.41) is 9.82. The SMILES string of the molecule is COc1cc(C(=O)N2CCCC2)ncc1-c1cc2nccc(-c3ccc(N4CC[C@@H](F)C4)c(C#N)c3)c2o1. The molecule has 1 atom stereocenters. The number of benzene rings is 1. The molecule has 192 valence electrons. The first-order chi connectivity index (χ1) is 18.6. The largest absolute Gasteiger partial charge is 0.496 e. The van der Waals surface area contributed by atoms with Gasteiger partial charge in [-0.1, -0.05) is 6.07 Å². The van der Waals surface area contributed by atoms with Crippen molar-refractivity contribution in [3.05, 3.63) is 60.0 Å². The number of amides is 1. The fourth-order valence-electron chi connectivity index (χ4n) is 5.29. The van der Waals surface area contributed by atoms with Crippen LogP contribution in [0.5, 0.6) is 5.75 Å². The molecule has 9 heteroatoms. The molecule has 8 nitrogen and oxygen atoms in total. The maximum atomic E-state index is 13.8. The standard InChI is InChI=1S/C29H26FN5O3/c1-37-26-14-24(29(36)34-9-2-3-10-34)33-16-22(26)27-13-23-28(38-27)21(6-8-32-23)18-4-5-25(19(12-18)15-31)35-11-7-20(30)17-35/h4-6,8,12-14,16,20H,2-3,7,9-11,17H2,1H3/t20-/m1/s1. The van der Waals surface area contributed by atoms with E-state index in [-0.39, 0.29) is 5.91 Å². The number of rotatable bonds is 5. The predicted molar refractivity (Wildman–Crippen MR) is 141 cm³/mol. The van der Waals surface area contributed by atoms with Crippen molar-refractivity contribution < 1.29 is 18.3 Å². The molecule has 2 saturated heterocycles. The molecule has 3 aromatic heterocycles. The van der Waals surface area contributed by atoms with Crippen molar-refractivity contribution in [3.63, 3.8) is 0 Å². The van der Waals surface area contributed by atoms with Crippen molar-refractivity contribution in [2.75, 3.05) is 38.2 Å². The number of halogens is 1. The molecule has 0 N–H and O–H groups in total. The lowest BCUT2D eigenvalue weighted by Crippen LogP contribution is -2.28. The summed E-state index contributed by atoms with van der Waals surface area (Å²) < 4.78 is 25.7. The Morgan fingerprint density at radius 2 is 1.97 bits per heavy atom. The first-order valence-corrected chi connectivity index (χ1v) is 12.7. The molecule has 1 aromatic carbocycles. The fraction of sp³-hybridized carbons (Fsp3) is 0.310. The minimum atomic E-state index is -0.874. The molecule has 38 heavy (non-hydrogen) atoms. The minimum absolute atomic E-state index is 0.103. The molecule has 0 unspecified atom stereocenters. The van der Waals surface area contributed by atoms with Gasteiger partial charge in [-0.2, -0.15) is 5.26 Å². The highest BCUT2D eigenvalue weighted by molar-refractivity contribution is 5.95. The second-order valence-corrected chi connectivity index (χ2v) is 9.63. The third-order valence-corrected chi connectivity index (χ3v) is 7.28. The van der Waals surface area contributed by atoms with E-state index in [0.29, 0.717) is 58.9 Å². The summed E-state index contributed by atoms with van der Waals surface area (Å²) in [6, 6.07) is 13.1. The summed E-state index contributed by atoms with van der Waals surface area (Å²) >= 11 is 0. The van der Waals surface area contributed by atoms with Gasteiger partial charge in [-0.25, -0.2) is 4.39 Å². The van der Waals surface area contributed by atoms with Crippen molar-refractivity contribution in [1.82, 2.24) is 14.9 Å². The zero-order valence-corrected chi connectivity index (χ0v) is 21.0. The summed E-state index contributed by atoms with van der Waals surface area (Å²) in [6.07, 6.45) is 4.89. The van der Waals surface area contributed by atoms with Gasteiger partial charge in [0.25, 0.3) is 5.91 Å². The molecule has 2 aliphatic rings. The highest BCUT2D eigenvalue weighted by Gasteiger charge is 2.25. The number of fused-ring (bicyclic) bond motifs is 1. The number of aromatic nitrogens is 2. The third-order valence-electron chi connectivity index (χ3n) is 7.28. The Hall–Kier alpha value is -4.45. The minimum Gasteiger partial charge on any atom is -0.496 e. The van der Waals surface area contributed by atoms with Crippen molar-refractivity contribution >= 4 is 22.7 Å². The van der Waals surface area contributed by atoms with Gasteiger partial charge in [-0.15, -0.1) is 0 Å². The molecule has 1 amide bonds. The van der Waals surface area contributed by atoms with Gasteiger partial charge in [0.05, 0.1) is 23.9 Å². The lowest BCUT2D eigenvalue weighted by Gasteiger charge is -2.19. The Morgan fingerprint density at radius 1 is 1.13 bits per heavy atom. The molecule has 0 saturated carbocycles. The first kappa shape index (κ1) is 23.9. The van der Waals surface area contributed by atoms with Gasteiger partial charge in [0.15, 0.2) is 5.58 Å². The number of anilines is 1. The van der Waals surface area contributed by atoms with Gasteiger partial charge in [0.1, 0.15) is 35.0 Å². The smallest absolute Gasteiger partial charge is 0.272 e. The maximum Gasteiger partial charge on any atom is 0.272 e. The third kappa shape index (κ3) is 4.22. The second-order valence-electron chi connectivity index (χ2n) is 9.63. The Balaban J connectivity index is 1.36. The van der Waals surface area contributed by atoms with E-state index in [9.17, 15) is 14.4 Å². The van der Waals surface area contributed by atoms with Crippen molar-refractivity contribution in [2.24, 2.45) is 0 Å². The van der Waals surface area contributed by atoms with E-state index in [1.165, 1.54) is 0 Å². The number of pyridine rings is 2. The molecule has 0 radical (unpaired) electrons.